The summed E-state index contributed by atoms with van der Waals surface area (Å²) in [6.45, 7) is 7.10. The highest BCUT2D eigenvalue weighted by atomic mass is 16.5. The maximum absolute atomic E-state index is 9.53. The van der Waals surface area contributed by atoms with Crippen LogP contribution in [0.25, 0.3) is 0 Å². The van der Waals surface area contributed by atoms with Crippen molar-refractivity contribution in [1.82, 2.24) is 5.32 Å². The van der Waals surface area contributed by atoms with Gasteiger partial charge in [0.1, 0.15) is 0 Å². The molecule has 1 rings (SSSR count). The van der Waals surface area contributed by atoms with Crippen molar-refractivity contribution < 1.29 is 9.84 Å². The predicted octanol–water partition coefficient (Wildman–Crippen LogP) is 1.41. The van der Waals surface area contributed by atoms with Crippen molar-refractivity contribution in [2.24, 2.45) is 11.8 Å². The minimum atomic E-state index is -0.360. The topological polar surface area (TPSA) is 41.5 Å². The summed E-state index contributed by atoms with van der Waals surface area (Å²) in [5.74, 6) is 1.66. The van der Waals surface area contributed by atoms with E-state index in [2.05, 4.69) is 12.2 Å². The molecule has 0 spiro atoms. The van der Waals surface area contributed by atoms with Gasteiger partial charge in [0, 0.05) is 13.2 Å². The van der Waals surface area contributed by atoms with Crippen molar-refractivity contribution in [3.63, 3.8) is 0 Å². The van der Waals surface area contributed by atoms with Crippen molar-refractivity contribution in [3.05, 3.63) is 0 Å². The van der Waals surface area contributed by atoms with Crippen LogP contribution in [0.1, 0.15) is 33.1 Å². The Kier molecular flexibility index (Phi) is 6.22. The highest BCUT2D eigenvalue weighted by Gasteiger charge is 2.22. The number of rotatable bonds is 7. The summed E-state index contributed by atoms with van der Waals surface area (Å²) in [5, 5.41) is 12.9. The molecule has 0 amide bonds. The summed E-state index contributed by atoms with van der Waals surface area (Å²) in [7, 11) is 0. The molecule has 2 N–H and O–H groups in total. The van der Waals surface area contributed by atoms with Crippen LogP contribution in [0.15, 0.2) is 0 Å². The molecule has 3 unspecified atom stereocenters. The Morgan fingerprint density at radius 2 is 2.27 bits per heavy atom. The Morgan fingerprint density at radius 1 is 1.47 bits per heavy atom. The molecule has 0 bridgehead atoms. The van der Waals surface area contributed by atoms with E-state index in [0.717, 1.165) is 18.4 Å². The summed E-state index contributed by atoms with van der Waals surface area (Å²) < 4.78 is 5.15. The van der Waals surface area contributed by atoms with E-state index in [4.69, 9.17) is 4.74 Å². The first-order valence-electron chi connectivity index (χ1n) is 6.20. The number of ether oxygens (including phenoxy) is 1. The van der Waals surface area contributed by atoms with Crippen molar-refractivity contribution >= 4 is 0 Å². The molecule has 0 aromatic carbocycles. The molecule has 3 atom stereocenters. The quantitative estimate of drug-likeness (QED) is 0.674. The zero-order valence-corrected chi connectivity index (χ0v) is 10.0. The summed E-state index contributed by atoms with van der Waals surface area (Å²) in [6.07, 6.45) is 3.72. The van der Waals surface area contributed by atoms with Gasteiger partial charge in [-0.3, -0.25) is 0 Å². The Bertz CT molecular complexity index is 164. The first kappa shape index (κ1) is 12.9. The molecular weight excluding hydrogens is 190 g/mol. The van der Waals surface area contributed by atoms with E-state index in [1.54, 1.807) is 0 Å². The molecule has 0 aliphatic heterocycles. The van der Waals surface area contributed by atoms with Crippen LogP contribution in [-0.2, 0) is 4.74 Å². The van der Waals surface area contributed by atoms with Gasteiger partial charge < -0.3 is 15.2 Å². The second-order valence-corrected chi connectivity index (χ2v) is 4.64. The molecule has 1 saturated carbocycles. The second kappa shape index (κ2) is 7.20. The van der Waals surface area contributed by atoms with E-state index in [9.17, 15) is 5.11 Å². The zero-order chi connectivity index (χ0) is 11.1. The SMILES string of the molecule is CCOCC(O)CNCC1CCCC1C. The lowest BCUT2D eigenvalue weighted by molar-refractivity contribution is 0.0422. The van der Waals surface area contributed by atoms with Crippen molar-refractivity contribution in [1.29, 1.82) is 0 Å². The summed E-state index contributed by atoms with van der Waals surface area (Å²) in [4.78, 5) is 0. The number of hydrogen-bond donors (Lipinski definition) is 2. The average molecular weight is 215 g/mol. The third kappa shape index (κ3) is 4.96. The van der Waals surface area contributed by atoms with E-state index >= 15 is 0 Å². The van der Waals surface area contributed by atoms with Gasteiger partial charge in [-0.1, -0.05) is 19.8 Å². The van der Waals surface area contributed by atoms with Gasteiger partial charge in [0.2, 0.25) is 0 Å². The molecule has 0 saturated heterocycles. The smallest absolute Gasteiger partial charge is 0.0897 e. The maximum atomic E-state index is 9.53. The monoisotopic (exact) mass is 215 g/mol. The largest absolute Gasteiger partial charge is 0.389 e. The molecule has 0 aromatic rings. The molecule has 15 heavy (non-hydrogen) atoms. The number of aliphatic hydroxyl groups is 1. The van der Waals surface area contributed by atoms with Crippen LogP contribution in [0.2, 0.25) is 0 Å². The minimum Gasteiger partial charge on any atom is -0.389 e. The van der Waals surface area contributed by atoms with Crippen LogP contribution in [0.3, 0.4) is 0 Å². The van der Waals surface area contributed by atoms with Crippen LogP contribution < -0.4 is 5.32 Å². The Labute approximate surface area is 93.2 Å². The Morgan fingerprint density at radius 3 is 2.87 bits per heavy atom. The molecule has 90 valence electrons. The van der Waals surface area contributed by atoms with Crippen LogP contribution in [0.4, 0.5) is 0 Å². The molecule has 0 heterocycles. The molecule has 1 aliphatic rings. The van der Waals surface area contributed by atoms with Crippen LogP contribution in [0, 0.1) is 11.8 Å². The fraction of sp³-hybridized carbons (Fsp3) is 1.00. The van der Waals surface area contributed by atoms with Crippen molar-refractivity contribution in [3.8, 4) is 0 Å². The van der Waals surface area contributed by atoms with E-state index in [0.29, 0.717) is 19.8 Å². The average Bonchev–Trinajstić information content (AvgIpc) is 2.61. The van der Waals surface area contributed by atoms with Gasteiger partial charge in [0.15, 0.2) is 0 Å². The lowest BCUT2D eigenvalue weighted by atomic mass is 9.98. The lowest BCUT2D eigenvalue weighted by Gasteiger charge is -2.17. The van der Waals surface area contributed by atoms with E-state index < -0.39 is 0 Å². The minimum absolute atomic E-state index is 0.360. The first-order valence-corrected chi connectivity index (χ1v) is 6.20. The van der Waals surface area contributed by atoms with Crippen LogP contribution >= 0.6 is 0 Å². The van der Waals surface area contributed by atoms with Crippen molar-refractivity contribution in [2.45, 2.75) is 39.2 Å². The van der Waals surface area contributed by atoms with Gasteiger partial charge in [-0.05, 0) is 31.7 Å². The normalized spacial score (nSPS) is 28.2. The molecule has 3 nitrogen and oxygen atoms in total. The van der Waals surface area contributed by atoms with Gasteiger partial charge in [0.25, 0.3) is 0 Å². The first-order chi connectivity index (χ1) is 7.24. The molecule has 1 aliphatic carbocycles. The third-order valence-corrected chi connectivity index (χ3v) is 3.34. The highest BCUT2D eigenvalue weighted by molar-refractivity contribution is 4.76. The van der Waals surface area contributed by atoms with Gasteiger partial charge in [-0.25, -0.2) is 0 Å². The van der Waals surface area contributed by atoms with E-state index in [-0.39, 0.29) is 6.10 Å². The summed E-state index contributed by atoms with van der Waals surface area (Å²) in [5.41, 5.74) is 0. The van der Waals surface area contributed by atoms with Gasteiger partial charge >= 0.3 is 0 Å². The molecule has 0 radical (unpaired) electrons. The van der Waals surface area contributed by atoms with E-state index in [1.165, 1.54) is 19.3 Å². The summed E-state index contributed by atoms with van der Waals surface area (Å²) in [6, 6.07) is 0. The van der Waals surface area contributed by atoms with Gasteiger partial charge in [-0.15, -0.1) is 0 Å². The Balaban J connectivity index is 2.00. The Hall–Kier alpha value is -0.120. The number of aliphatic hydroxyl groups excluding tert-OH is 1. The zero-order valence-electron chi connectivity index (χ0n) is 10.0. The predicted molar refractivity (Wildman–Crippen MR) is 61.9 cm³/mol. The molecule has 3 heteroatoms. The fourth-order valence-electron chi connectivity index (χ4n) is 2.27. The van der Waals surface area contributed by atoms with E-state index in [1.807, 2.05) is 6.92 Å². The summed E-state index contributed by atoms with van der Waals surface area (Å²) >= 11 is 0. The van der Waals surface area contributed by atoms with Crippen LogP contribution in [-0.4, -0.2) is 37.5 Å². The number of hydrogen-bond acceptors (Lipinski definition) is 3. The second-order valence-electron chi connectivity index (χ2n) is 4.64. The third-order valence-electron chi connectivity index (χ3n) is 3.34. The lowest BCUT2D eigenvalue weighted by Crippen LogP contribution is -2.34. The fourth-order valence-corrected chi connectivity index (χ4v) is 2.27. The molecule has 1 fully saturated rings. The molecular formula is C12H25NO2. The van der Waals surface area contributed by atoms with Crippen molar-refractivity contribution in [2.75, 3.05) is 26.3 Å². The highest BCUT2D eigenvalue weighted by Crippen LogP contribution is 2.30. The maximum Gasteiger partial charge on any atom is 0.0897 e. The molecule has 0 aromatic heterocycles. The number of nitrogens with one attached hydrogen (secondary N) is 1. The standard InChI is InChI=1S/C12H25NO2/c1-3-15-9-12(14)8-13-7-11-6-4-5-10(11)2/h10-14H,3-9H2,1-2H3. The van der Waals surface area contributed by atoms with Gasteiger partial charge in [0.05, 0.1) is 12.7 Å². The van der Waals surface area contributed by atoms with Crippen LogP contribution in [0.5, 0.6) is 0 Å². The van der Waals surface area contributed by atoms with Gasteiger partial charge in [-0.2, -0.15) is 0 Å².